The van der Waals surface area contributed by atoms with E-state index in [1.165, 1.54) is 34.6 Å². The van der Waals surface area contributed by atoms with Crippen molar-refractivity contribution in [3.63, 3.8) is 0 Å². The van der Waals surface area contributed by atoms with Crippen LogP contribution >= 0.6 is 0 Å². The lowest BCUT2D eigenvalue weighted by Gasteiger charge is -2.21. The maximum atomic E-state index is 13.1. The number of hydrogen-bond acceptors (Lipinski definition) is 5. The molecule has 1 aliphatic rings. The third-order valence-electron chi connectivity index (χ3n) is 4.97. The number of sulfonamides is 1. The van der Waals surface area contributed by atoms with Gasteiger partial charge in [0.05, 0.1) is 9.82 Å². The van der Waals surface area contributed by atoms with E-state index in [2.05, 4.69) is 5.32 Å². The van der Waals surface area contributed by atoms with Gasteiger partial charge in [-0.1, -0.05) is 31.0 Å². The van der Waals surface area contributed by atoms with Crippen LogP contribution in [0.15, 0.2) is 47.4 Å². The average Bonchev–Trinajstić information content (AvgIpc) is 2.99. The molecule has 0 atom stereocenters. The number of carbonyl (C=O) groups excluding carboxylic acids is 1. The van der Waals surface area contributed by atoms with Gasteiger partial charge in [0.25, 0.3) is 11.6 Å². The summed E-state index contributed by atoms with van der Waals surface area (Å²) in [6.07, 6.45) is 3.67. The van der Waals surface area contributed by atoms with Crippen molar-refractivity contribution < 1.29 is 18.1 Å². The normalized spacial score (nSPS) is 15.5. The number of hydrogen-bond donors (Lipinski definition) is 1. The zero-order chi connectivity index (χ0) is 21.0. The molecule has 2 aromatic carbocycles. The Balaban J connectivity index is 1.90. The highest BCUT2D eigenvalue weighted by Gasteiger charge is 2.27. The monoisotopic (exact) mass is 417 g/mol. The molecule has 0 radical (unpaired) electrons. The van der Waals surface area contributed by atoms with Gasteiger partial charge < -0.3 is 5.32 Å². The van der Waals surface area contributed by atoms with Gasteiger partial charge in [-0.25, -0.2) is 8.42 Å². The molecular weight excluding hydrogens is 394 g/mol. The molecule has 0 spiro atoms. The summed E-state index contributed by atoms with van der Waals surface area (Å²) < 4.78 is 27.8. The lowest BCUT2D eigenvalue weighted by Crippen LogP contribution is -2.32. The van der Waals surface area contributed by atoms with E-state index in [9.17, 15) is 23.3 Å². The SMILES string of the molecule is Cc1ccc(NC(=O)c2ccccc2[N+](=O)[O-])cc1S(=O)(=O)N1CCCCCC1. The summed E-state index contributed by atoms with van der Waals surface area (Å²) in [4.78, 5) is 23.2. The van der Waals surface area contributed by atoms with Crippen molar-refractivity contribution in [2.45, 2.75) is 37.5 Å². The summed E-state index contributed by atoms with van der Waals surface area (Å²) in [7, 11) is -3.69. The lowest BCUT2D eigenvalue weighted by atomic mass is 10.1. The van der Waals surface area contributed by atoms with E-state index in [1.807, 2.05) is 0 Å². The largest absolute Gasteiger partial charge is 0.322 e. The van der Waals surface area contributed by atoms with Crippen LogP contribution in [0.25, 0.3) is 0 Å². The molecule has 0 aromatic heterocycles. The molecule has 1 heterocycles. The Hall–Kier alpha value is -2.78. The van der Waals surface area contributed by atoms with Crippen LogP contribution in [0.4, 0.5) is 11.4 Å². The van der Waals surface area contributed by atoms with Gasteiger partial charge in [0, 0.05) is 24.8 Å². The zero-order valence-corrected chi connectivity index (χ0v) is 16.9. The first-order chi connectivity index (χ1) is 13.8. The number of para-hydroxylation sites is 1. The van der Waals surface area contributed by atoms with Crippen LogP contribution < -0.4 is 5.32 Å². The minimum atomic E-state index is -3.69. The van der Waals surface area contributed by atoms with Gasteiger partial charge in [-0.2, -0.15) is 4.31 Å². The summed E-state index contributed by atoms with van der Waals surface area (Å²) in [6, 6.07) is 10.3. The number of nitrogens with one attached hydrogen (secondary N) is 1. The molecule has 0 saturated carbocycles. The van der Waals surface area contributed by atoms with Gasteiger partial charge >= 0.3 is 0 Å². The Morgan fingerprint density at radius 1 is 1.07 bits per heavy atom. The van der Waals surface area contributed by atoms with Crippen LogP contribution in [-0.2, 0) is 10.0 Å². The fourth-order valence-electron chi connectivity index (χ4n) is 3.40. The van der Waals surface area contributed by atoms with Crippen molar-refractivity contribution in [1.82, 2.24) is 4.31 Å². The molecule has 2 aromatic rings. The summed E-state index contributed by atoms with van der Waals surface area (Å²) in [6.45, 7) is 2.67. The Morgan fingerprint density at radius 2 is 1.72 bits per heavy atom. The summed E-state index contributed by atoms with van der Waals surface area (Å²) >= 11 is 0. The Kier molecular flexibility index (Phi) is 6.29. The summed E-state index contributed by atoms with van der Waals surface area (Å²) in [5, 5.41) is 13.7. The molecule has 1 aliphatic heterocycles. The van der Waals surface area contributed by atoms with Crippen LogP contribution in [0.1, 0.15) is 41.6 Å². The molecule has 1 N–H and O–H groups in total. The highest BCUT2D eigenvalue weighted by molar-refractivity contribution is 7.89. The number of benzene rings is 2. The number of carbonyl (C=O) groups is 1. The fourth-order valence-corrected chi connectivity index (χ4v) is 5.17. The number of anilines is 1. The third kappa shape index (κ3) is 4.63. The molecular formula is C20H23N3O5S. The summed E-state index contributed by atoms with van der Waals surface area (Å²) in [5.41, 5.74) is 0.453. The Labute approximate surface area is 169 Å². The molecule has 1 amide bonds. The molecule has 1 saturated heterocycles. The van der Waals surface area contributed by atoms with Gasteiger partial charge in [-0.15, -0.1) is 0 Å². The second-order valence-corrected chi connectivity index (χ2v) is 8.93. The Bertz CT molecular complexity index is 1030. The standard InChI is InChI=1S/C20H23N3O5S/c1-15-10-11-16(21-20(24)17-8-4-5-9-18(17)23(25)26)14-19(15)29(27,28)22-12-6-2-3-7-13-22/h4-5,8-11,14H,2-3,6-7,12-13H2,1H3,(H,21,24). The Morgan fingerprint density at radius 3 is 2.38 bits per heavy atom. The van der Waals surface area contributed by atoms with E-state index in [4.69, 9.17) is 0 Å². The zero-order valence-electron chi connectivity index (χ0n) is 16.1. The van der Waals surface area contributed by atoms with Crippen LogP contribution in [-0.4, -0.2) is 36.6 Å². The molecule has 0 unspecified atom stereocenters. The van der Waals surface area contributed by atoms with E-state index in [0.29, 0.717) is 18.7 Å². The van der Waals surface area contributed by atoms with Crippen LogP contribution in [0.5, 0.6) is 0 Å². The topological polar surface area (TPSA) is 110 Å². The number of nitro groups is 1. The molecule has 0 bridgehead atoms. The van der Waals surface area contributed by atoms with Gasteiger partial charge in [-0.3, -0.25) is 14.9 Å². The minimum Gasteiger partial charge on any atom is -0.322 e. The third-order valence-corrected chi connectivity index (χ3v) is 7.01. The first-order valence-electron chi connectivity index (χ1n) is 9.46. The predicted molar refractivity (Wildman–Crippen MR) is 109 cm³/mol. The average molecular weight is 417 g/mol. The van der Waals surface area contributed by atoms with E-state index in [-0.39, 0.29) is 21.8 Å². The maximum absolute atomic E-state index is 13.1. The lowest BCUT2D eigenvalue weighted by molar-refractivity contribution is -0.385. The maximum Gasteiger partial charge on any atom is 0.282 e. The van der Waals surface area contributed by atoms with Gasteiger partial charge in [0.2, 0.25) is 10.0 Å². The van der Waals surface area contributed by atoms with Gasteiger partial charge in [0.1, 0.15) is 5.56 Å². The van der Waals surface area contributed by atoms with E-state index in [0.717, 1.165) is 25.7 Å². The highest BCUT2D eigenvalue weighted by atomic mass is 32.2. The predicted octanol–water partition coefficient (Wildman–Crippen LogP) is 3.72. The summed E-state index contributed by atoms with van der Waals surface area (Å²) in [5.74, 6) is -0.667. The highest BCUT2D eigenvalue weighted by Crippen LogP contribution is 2.27. The van der Waals surface area contributed by atoms with E-state index >= 15 is 0 Å². The molecule has 1 fully saturated rings. The molecule has 3 rings (SSSR count). The smallest absolute Gasteiger partial charge is 0.282 e. The van der Waals surface area contributed by atoms with Crippen molar-refractivity contribution in [2.75, 3.05) is 18.4 Å². The number of nitrogens with zero attached hydrogens (tertiary/aromatic N) is 2. The van der Waals surface area contributed by atoms with Crippen molar-refractivity contribution >= 4 is 27.3 Å². The van der Waals surface area contributed by atoms with E-state index in [1.54, 1.807) is 19.1 Å². The van der Waals surface area contributed by atoms with E-state index < -0.39 is 20.9 Å². The minimum absolute atomic E-state index is 0.0880. The quantitative estimate of drug-likeness (QED) is 0.589. The molecule has 29 heavy (non-hydrogen) atoms. The first-order valence-corrected chi connectivity index (χ1v) is 10.9. The molecule has 9 heteroatoms. The van der Waals surface area contributed by atoms with Crippen molar-refractivity contribution in [3.8, 4) is 0 Å². The molecule has 8 nitrogen and oxygen atoms in total. The second-order valence-electron chi connectivity index (χ2n) is 7.03. The number of nitro benzene ring substituents is 1. The fraction of sp³-hybridized carbons (Fsp3) is 0.350. The van der Waals surface area contributed by atoms with Crippen LogP contribution in [0.3, 0.4) is 0 Å². The van der Waals surface area contributed by atoms with Crippen molar-refractivity contribution in [1.29, 1.82) is 0 Å². The van der Waals surface area contributed by atoms with Gasteiger partial charge in [0.15, 0.2) is 0 Å². The van der Waals surface area contributed by atoms with Crippen molar-refractivity contribution in [3.05, 3.63) is 63.7 Å². The first kappa shape index (κ1) is 20.9. The number of aryl methyl sites for hydroxylation is 1. The van der Waals surface area contributed by atoms with Gasteiger partial charge in [-0.05, 0) is 43.5 Å². The number of rotatable bonds is 5. The molecule has 0 aliphatic carbocycles. The van der Waals surface area contributed by atoms with Crippen LogP contribution in [0.2, 0.25) is 0 Å². The number of amides is 1. The van der Waals surface area contributed by atoms with Crippen LogP contribution in [0, 0.1) is 17.0 Å². The van der Waals surface area contributed by atoms with Crippen molar-refractivity contribution in [2.24, 2.45) is 0 Å². The second kappa shape index (κ2) is 8.71. The molecule has 154 valence electrons.